The molecule has 6 nitrogen and oxygen atoms in total. The molecule has 3 N–H and O–H groups in total. The largest absolute Gasteiger partial charge is 0.597 e. The van der Waals surface area contributed by atoms with Crippen molar-refractivity contribution in [3.8, 4) is 0 Å². The number of aromatic nitrogens is 2. The van der Waals surface area contributed by atoms with E-state index in [4.69, 9.17) is 16.7 Å². The predicted molar refractivity (Wildman–Crippen MR) is 71.2 cm³/mol. The molecule has 18 heavy (non-hydrogen) atoms. The molecule has 0 aliphatic heterocycles. The van der Waals surface area contributed by atoms with Crippen LogP contribution < -0.4 is 10.5 Å². The highest BCUT2D eigenvalue weighted by Gasteiger charge is 2.39. The summed E-state index contributed by atoms with van der Waals surface area (Å²) in [6.45, 7) is 4.82. The van der Waals surface area contributed by atoms with Crippen LogP contribution in [0, 0.1) is 0 Å². The van der Waals surface area contributed by atoms with Gasteiger partial charge in [-0.1, -0.05) is 11.6 Å². The number of nitrogens with one attached hydrogen (secondary N) is 1. The van der Waals surface area contributed by atoms with Crippen LogP contribution >= 0.6 is 11.6 Å². The summed E-state index contributed by atoms with van der Waals surface area (Å²) in [5.41, 5.74) is 0.700. The van der Waals surface area contributed by atoms with Crippen molar-refractivity contribution in [3.05, 3.63) is 16.9 Å². The second-order valence-electron chi connectivity index (χ2n) is 4.52. The molecule has 1 aromatic heterocycles. The molecule has 0 aromatic carbocycles. The van der Waals surface area contributed by atoms with E-state index in [1.165, 1.54) is 18.5 Å². The van der Waals surface area contributed by atoms with Gasteiger partial charge in [-0.25, -0.2) is 0 Å². The minimum absolute atomic E-state index is 0.332. The highest BCUT2D eigenvalue weighted by Crippen LogP contribution is 2.23. The summed E-state index contributed by atoms with van der Waals surface area (Å²) in [6.07, 6.45) is 1.58. The molecule has 1 aromatic rings. The van der Waals surface area contributed by atoms with Crippen molar-refractivity contribution in [2.45, 2.75) is 31.6 Å². The second-order valence-corrected chi connectivity index (χ2v) is 6.49. The van der Waals surface area contributed by atoms with Crippen LogP contribution in [0.3, 0.4) is 0 Å². The Morgan fingerprint density at radius 3 is 2.67 bits per heavy atom. The van der Waals surface area contributed by atoms with Gasteiger partial charge in [-0.15, -0.1) is 0 Å². The maximum Gasteiger partial charge on any atom is 0.278 e. The van der Waals surface area contributed by atoms with Crippen LogP contribution in [0.1, 0.15) is 32.4 Å². The van der Waals surface area contributed by atoms with Gasteiger partial charge in [0, 0.05) is 12.6 Å². The van der Waals surface area contributed by atoms with E-state index in [9.17, 15) is 9.35 Å². The van der Waals surface area contributed by atoms with Crippen LogP contribution in [-0.2, 0) is 23.2 Å². The summed E-state index contributed by atoms with van der Waals surface area (Å²) < 4.78 is 11.6. The third-order valence-electron chi connectivity index (χ3n) is 2.76. The van der Waals surface area contributed by atoms with E-state index in [2.05, 4.69) is 10.4 Å². The molecule has 0 spiro atoms. The summed E-state index contributed by atoms with van der Waals surface area (Å²) in [7, 11) is 1.71. The van der Waals surface area contributed by atoms with E-state index >= 15 is 0 Å². The van der Waals surface area contributed by atoms with E-state index in [-0.39, 0.29) is 6.04 Å². The number of aryl methyl sites for hydroxylation is 1. The fraction of sp³-hybridized carbons (Fsp3) is 0.600. The Kier molecular flexibility index (Phi) is 4.66. The fourth-order valence-corrected chi connectivity index (χ4v) is 1.77. The number of amides is 1. The molecule has 102 valence electrons. The standard InChI is InChI=1S/C10H17ClN4O2S/c1-6(7-5-13-15(4)8(7)11)14-9(16)10(2,3)18(12)17/h5-6H,12H2,1-4H3,(H,14,16)/t6-,18+/m0/s1. The van der Waals surface area contributed by atoms with Crippen molar-refractivity contribution < 1.29 is 9.35 Å². The molecular formula is C10H17ClN4O2S. The fourth-order valence-electron chi connectivity index (χ4n) is 1.27. The van der Waals surface area contributed by atoms with Gasteiger partial charge in [0.2, 0.25) is 4.75 Å². The monoisotopic (exact) mass is 292 g/mol. The van der Waals surface area contributed by atoms with E-state index in [1.54, 1.807) is 20.2 Å². The Labute approximate surface area is 114 Å². The van der Waals surface area contributed by atoms with Crippen LogP contribution in [0.15, 0.2) is 6.20 Å². The highest BCUT2D eigenvalue weighted by molar-refractivity contribution is 7.91. The molecule has 1 rings (SSSR count). The van der Waals surface area contributed by atoms with Gasteiger partial charge in [-0.05, 0) is 20.8 Å². The first kappa shape index (κ1) is 15.3. The number of halogens is 1. The van der Waals surface area contributed by atoms with Crippen molar-refractivity contribution in [2.24, 2.45) is 12.2 Å². The number of nitrogens with zero attached hydrogens (tertiary/aromatic N) is 2. The zero-order valence-electron chi connectivity index (χ0n) is 10.7. The minimum Gasteiger partial charge on any atom is -0.597 e. The third kappa shape index (κ3) is 2.97. The smallest absolute Gasteiger partial charge is 0.278 e. The van der Waals surface area contributed by atoms with Gasteiger partial charge < -0.3 is 9.87 Å². The molecule has 1 amide bonds. The van der Waals surface area contributed by atoms with Crippen LogP contribution in [0.25, 0.3) is 0 Å². The topological polar surface area (TPSA) is 96.0 Å². The first-order chi connectivity index (χ1) is 8.17. The predicted octanol–water partition coefficient (Wildman–Crippen LogP) is 0.652. The maximum absolute atomic E-state index is 12.0. The third-order valence-corrected chi connectivity index (χ3v) is 4.41. The molecule has 0 saturated carbocycles. The zero-order chi connectivity index (χ0) is 14.1. The van der Waals surface area contributed by atoms with Crippen LogP contribution in [0.2, 0.25) is 5.15 Å². The Morgan fingerprint density at radius 1 is 1.72 bits per heavy atom. The van der Waals surface area contributed by atoms with E-state index in [1.807, 2.05) is 0 Å². The molecule has 0 fully saturated rings. The lowest BCUT2D eigenvalue weighted by Crippen LogP contribution is -2.51. The normalized spacial score (nSPS) is 15.3. The summed E-state index contributed by atoms with van der Waals surface area (Å²) >= 11 is 4.28. The number of rotatable bonds is 4. The quantitative estimate of drug-likeness (QED) is 0.797. The second kappa shape index (κ2) is 5.48. The van der Waals surface area contributed by atoms with E-state index < -0.39 is 22.0 Å². The van der Waals surface area contributed by atoms with Crippen molar-refractivity contribution in [1.29, 1.82) is 0 Å². The summed E-state index contributed by atoms with van der Waals surface area (Å²) in [4.78, 5) is 12.0. The van der Waals surface area contributed by atoms with Gasteiger partial charge in [0.25, 0.3) is 5.91 Å². The lowest BCUT2D eigenvalue weighted by atomic mass is 10.1. The Bertz CT molecular complexity index is 447. The lowest BCUT2D eigenvalue weighted by Gasteiger charge is -2.25. The zero-order valence-corrected chi connectivity index (χ0v) is 12.3. The summed E-state index contributed by atoms with van der Waals surface area (Å²) in [6, 6.07) is -0.332. The molecule has 0 aliphatic rings. The van der Waals surface area contributed by atoms with Gasteiger partial charge in [-0.3, -0.25) is 9.48 Å². The summed E-state index contributed by atoms with van der Waals surface area (Å²) in [5.74, 6) is -0.393. The van der Waals surface area contributed by atoms with Crippen molar-refractivity contribution in [2.75, 3.05) is 0 Å². The van der Waals surface area contributed by atoms with Gasteiger partial charge in [0.05, 0.1) is 23.6 Å². The lowest BCUT2D eigenvalue weighted by molar-refractivity contribution is -0.123. The molecule has 0 bridgehead atoms. The van der Waals surface area contributed by atoms with Crippen LogP contribution in [-0.4, -0.2) is 25.0 Å². The van der Waals surface area contributed by atoms with Gasteiger partial charge in [0.1, 0.15) is 5.15 Å². The van der Waals surface area contributed by atoms with Crippen molar-refractivity contribution in [1.82, 2.24) is 15.1 Å². The first-order valence-corrected chi connectivity index (χ1v) is 6.91. The highest BCUT2D eigenvalue weighted by atomic mass is 35.5. The van der Waals surface area contributed by atoms with Gasteiger partial charge in [-0.2, -0.15) is 10.2 Å². The molecule has 0 saturated heterocycles. The molecule has 1 heterocycles. The minimum atomic E-state index is -1.74. The van der Waals surface area contributed by atoms with Crippen molar-refractivity contribution >= 4 is 28.9 Å². The van der Waals surface area contributed by atoms with Crippen LogP contribution in [0.5, 0.6) is 0 Å². The summed E-state index contributed by atoms with van der Waals surface area (Å²) in [5, 5.41) is 12.5. The SMILES string of the molecule is C[C@H](NC(=O)C(C)(C)[S@+](N)[O-])c1cnn(C)c1Cl. The van der Waals surface area contributed by atoms with E-state index in [0.717, 1.165) is 0 Å². The maximum atomic E-state index is 12.0. The molecule has 2 atom stereocenters. The molecule has 0 radical (unpaired) electrons. The van der Waals surface area contributed by atoms with Crippen molar-refractivity contribution in [3.63, 3.8) is 0 Å². The number of carbonyl (C=O) groups is 1. The molecular weight excluding hydrogens is 276 g/mol. The molecule has 0 aliphatic carbocycles. The average molecular weight is 293 g/mol. The number of hydrogen-bond donors (Lipinski definition) is 2. The van der Waals surface area contributed by atoms with E-state index in [0.29, 0.717) is 10.7 Å². The Morgan fingerprint density at radius 2 is 2.28 bits per heavy atom. The average Bonchev–Trinajstić information content (AvgIpc) is 2.59. The first-order valence-electron chi connectivity index (χ1n) is 5.32. The van der Waals surface area contributed by atoms with Crippen LogP contribution in [0.4, 0.5) is 0 Å². The molecule has 0 unspecified atom stereocenters. The number of hydrogen-bond acceptors (Lipinski definition) is 4. The number of carbonyl (C=O) groups excluding carboxylic acids is 1. The van der Waals surface area contributed by atoms with Gasteiger partial charge >= 0.3 is 0 Å². The van der Waals surface area contributed by atoms with Gasteiger partial charge in [0.15, 0.2) is 0 Å². The Hall–Kier alpha value is -0.760. The number of nitrogens with two attached hydrogens (primary N) is 1. The Balaban J connectivity index is 2.80. The molecule has 8 heteroatoms.